The predicted molar refractivity (Wildman–Crippen MR) is 82.9 cm³/mol. The fourth-order valence-electron chi connectivity index (χ4n) is 1.91. The third kappa shape index (κ3) is 5.46. The maximum absolute atomic E-state index is 11.8. The van der Waals surface area contributed by atoms with E-state index in [1.54, 1.807) is 31.5 Å². The number of rotatable bonds is 8. The van der Waals surface area contributed by atoms with Crippen molar-refractivity contribution in [3.63, 3.8) is 0 Å². The lowest BCUT2D eigenvalue weighted by atomic mass is 10.2. The van der Waals surface area contributed by atoms with Gasteiger partial charge < -0.3 is 19.8 Å². The molecule has 2 heterocycles. The van der Waals surface area contributed by atoms with Crippen LogP contribution in [0, 0.1) is 0 Å². The van der Waals surface area contributed by atoms with Gasteiger partial charge in [-0.15, -0.1) is 0 Å². The molecule has 2 aromatic rings. The zero-order valence-electron chi connectivity index (χ0n) is 12.9. The summed E-state index contributed by atoms with van der Waals surface area (Å²) in [5.41, 5.74) is 0.913. The third-order valence-corrected chi connectivity index (χ3v) is 3.11. The van der Waals surface area contributed by atoms with Gasteiger partial charge in [0.2, 0.25) is 11.8 Å². The minimum atomic E-state index is -0.278. The van der Waals surface area contributed by atoms with E-state index in [0.717, 1.165) is 5.56 Å². The normalized spacial score (nSPS) is 10.1. The molecular formula is C16H19N3O4. The quantitative estimate of drug-likeness (QED) is 0.720. The molecule has 0 fully saturated rings. The molecule has 2 aromatic heterocycles. The van der Waals surface area contributed by atoms with Crippen LogP contribution in [0.5, 0.6) is 5.88 Å². The number of methoxy groups -OCH3 is 1. The summed E-state index contributed by atoms with van der Waals surface area (Å²) < 4.78 is 10.00. The van der Waals surface area contributed by atoms with Crippen molar-refractivity contribution >= 4 is 11.8 Å². The van der Waals surface area contributed by atoms with Crippen LogP contribution in [0.15, 0.2) is 41.1 Å². The largest absolute Gasteiger partial charge is 0.481 e. The highest BCUT2D eigenvalue weighted by Crippen LogP contribution is 2.08. The summed E-state index contributed by atoms with van der Waals surface area (Å²) in [4.78, 5) is 27.4. The van der Waals surface area contributed by atoms with Gasteiger partial charge in [-0.25, -0.2) is 4.98 Å². The Bertz CT molecular complexity index is 641. The lowest BCUT2D eigenvalue weighted by molar-refractivity contribution is -0.121. The van der Waals surface area contributed by atoms with Gasteiger partial charge in [-0.1, -0.05) is 0 Å². The zero-order valence-corrected chi connectivity index (χ0v) is 12.9. The summed E-state index contributed by atoms with van der Waals surface area (Å²) in [7, 11) is 1.54. The highest BCUT2D eigenvalue weighted by Gasteiger charge is 2.08. The van der Waals surface area contributed by atoms with Gasteiger partial charge in [0.1, 0.15) is 0 Å². The van der Waals surface area contributed by atoms with Crippen LogP contribution in [0.3, 0.4) is 0 Å². The highest BCUT2D eigenvalue weighted by atomic mass is 16.5. The summed E-state index contributed by atoms with van der Waals surface area (Å²) in [6.07, 6.45) is 3.96. The molecular weight excluding hydrogens is 298 g/mol. The van der Waals surface area contributed by atoms with Crippen LogP contribution >= 0.6 is 0 Å². The molecule has 2 N–H and O–H groups in total. The molecule has 0 aromatic carbocycles. The number of pyridine rings is 1. The van der Waals surface area contributed by atoms with Crippen molar-refractivity contribution in [1.82, 2.24) is 15.6 Å². The Kier molecular flexibility index (Phi) is 6.17. The number of aromatic nitrogens is 1. The van der Waals surface area contributed by atoms with Crippen LogP contribution in [-0.4, -0.2) is 30.5 Å². The molecule has 0 aliphatic rings. The third-order valence-electron chi connectivity index (χ3n) is 3.11. The number of nitrogens with one attached hydrogen (secondary N) is 2. The van der Waals surface area contributed by atoms with E-state index >= 15 is 0 Å². The predicted octanol–water partition coefficient (Wildman–Crippen LogP) is 1.51. The topological polar surface area (TPSA) is 93.5 Å². The number of ether oxygens (including phenoxy) is 1. The Hall–Kier alpha value is -2.83. The number of amides is 2. The monoisotopic (exact) mass is 317 g/mol. The molecule has 0 atom stereocenters. The van der Waals surface area contributed by atoms with E-state index in [1.165, 1.54) is 6.26 Å². The van der Waals surface area contributed by atoms with Crippen LogP contribution in [0.25, 0.3) is 0 Å². The van der Waals surface area contributed by atoms with Gasteiger partial charge in [-0.2, -0.15) is 0 Å². The number of carbonyl (C=O) groups excluding carboxylic acids is 2. The van der Waals surface area contributed by atoms with E-state index in [2.05, 4.69) is 15.6 Å². The summed E-state index contributed by atoms with van der Waals surface area (Å²) in [6.45, 7) is 0.826. The minimum absolute atomic E-state index is 0.0759. The number of carbonyl (C=O) groups is 2. The maximum Gasteiger partial charge on any atom is 0.286 e. The first-order valence-corrected chi connectivity index (χ1v) is 7.26. The van der Waals surface area contributed by atoms with Gasteiger partial charge in [0.05, 0.1) is 13.4 Å². The van der Waals surface area contributed by atoms with Gasteiger partial charge in [0.15, 0.2) is 5.76 Å². The maximum atomic E-state index is 11.8. The molecule has 0 radical (unpaired) electrons. The van der Waals surface area contributed by atoms with Crippen molar-refractivity contribution in [2.75, 3.05) is 13.7 Å². The molecule has 2 amide bonds. The van der Waals surface area contributed by atoms with Crippen LogP contribution in [0.1, 0.15) is 29.0 Å². The first-order valence-electron chi connectivity index (χ1n) is 7.26. The Morgan fingerprint density at radius 3 is 2.91 bits per heavy atom. The average molecular weight is 317 g/mol. The van der Waals surface area contributed by atoms with Crippen LogP contribution in [0.2, 0.25) is 0 Å². The molecule has 7 nitrogen and oxygen atoms in total. The Morgan fingerprint density at radius 2 is 2.17 bits per heavy atom. The lowest BCUT2D eigenvalue weighted by Gasteiger charge is -2.07. The molecule has 122 valence electrons. The molecule has 0 saturated carbocycles. The fraction of sp³-hybridized carbons (Fsp3) is 0.312. The molecule has 0 bridgehead atoms. The fourth-order valence-corrected chi connectivity index (χ4v) is 1.91. The van der Waals surface area contributed by atoms with Crippen LogP contribution < -0.4 is 15.4 Å². The van der Waals surface area contributed by atoms with Crippen molar-refractivity contribution in [3.8, 4) is 5.88 Å². The zero-order chi connectivity index (χ0) is 16.5. The molecule has 0 aliphatic heterocycles. The number of furan rings is 1. The van der Waals surface area contributed by atoms with Crippen molar-refractivity contribution in [2.24, 2.45) is 0 Å². The first-order chi connectivity index (χ1) is 11.2. The van der Waals surface area contributed by atoms with Gasteiger partial charge in [0, 0.05) is 31.8 Å². The van der Waals surface area contributed by atoms with Gasteiger partial charge >= 0.3 is 0 Å². The van der Waals surface area contributed by atoms with E-state index in [1.807, 2.05) is 6.07 Å². The Morgan fingerprint density at radius 1 is 1.30 bits per heavy atom. The van der Waals surface area contributed by atoms with E-state index in [9.17, 15) is 9.59 Å². The summed E-state index contributed by atoms with van der Waals surface area (Å²) in [6, 6.07) is 6.82. The molecule has 23 heavy (non-hydrogen) atoms. The van der Waals surface area contributed by atoms with E-state index in [4.69, 9.17) is 9.15 Å². The van der Waals surface area contributed by atoms with Gasteiger partial charge in [-0.3, -0.25) is 9.59 Å². The van der Waals surface area contributed by atoms with Crippen LogP contribution in [-0.2, 0) is 11.3 Å². The smallest absolute Gasteiger partial charge is 0.286 e. The standard InChI is InChI=1S/C16H19N3O4/c1-22-15-10-12(6-8-17-15)11-19-14(20)5-2-7-18-16(21)13-4-3-9-23-13/h3-4,6,8-10H,2,5,7,11H2,1H3,(H,18,21)(H,19,20). The highest BCUT2D eigenvalue weighted by molar-refractivity contribution is 5.91. The van der Waals surface area contributed by atoms with Crippen molar-refractivity contribution in [2.45, 2.75) is 19.4 Å². The minimum Gasteiger partial charge on any atom is -0.481 e. The number of hydrogen-bond acceptors (Lipinski definition) is 5. The number of nitrogens with zero attached hydrogens (tertiary/aromatic N) is 1. The van der Waals surface area contributed by atoms with Crippen molar-refractivity contribution < 1.29 is 18.7 Å². The Labute approximate surface area is 134 Å². The molecule has 7 heteroatoms. The lowest BCUT2D eigenvalue weighted by Crippen LogP contribution is -2.27. The van der Waals surface area contributed by atoms with E-state index in [0.29, 0.717) is 31.8 Å². The molecule has 0 spiro atoms. The average Bonchev–Trinajstić information content (AvgIpc) is 3.11. The second-order valence-electron chi connectivity index (χ2n) is 4.82. The second-order valence-corrected chi connectivity index (χ2v) is 4.82. The molecule has 0 aliphatic carbocycles. The van der Waals surface area contributed by atoms with E-state index < -0.39 is 0 Å². The number of hydrogen-bond donors (Lipinski definition) is 2. The van der Waals surface area contributed by atoms with Gasteiger partial charge in [-0.05, 0) is 30.2 Å². The van der Waals surface area contributed by atoms with E-state index in [-0.39, 0.29) is 17.6 Å². The second kappa shape index (κ2) is 8.57. The summed E-state index contributed by atoms with van der Waals surface area (Å²) in [5, 5.41) is 5.50. The molecule has 2 rings (SSSR count). The van der Waals surface area contributed by atoms with Crippen molar-refractivity contribution in [1.29, 1.82) is 0 Å². The van der Waals surface area contributed by atoms with Gasteiger partial charge in [0.25, 0.3) is 5.91 Å². The molecule has 0 saturated heterocycles. The molecule has 0 unspecified atom stereocenters. The summed E-state index contributed by atoms with van der Waals surface area (Å²) >= 11 is 0. The van der Waals surface area contributed by atoms with Crippen molar-refractivity contribution in [3.05, 3.63) is 48.0 Å². The van der Waals surface area contributed by atoms with Crippen LogP contribution in [0.4, 0.5) is 0 Å². The first kappa shape index (κ1) is 16.5. The Balaban J connectivity index is 1.62. The summed E-state index contributed by atoms with van der Waals surface area (Å²) in [5.74, 6) is 0.422. The SMILES string of the molecule is COc1cc(CNC(=O)CCCNC(=O)c2ccco2)ccn1.